The van der Waals surface area contributed by atoms with Crippen LogP contribution in [0.15, 0.2) is 28.7 Å². The maximum Gasteiger partial charge on any atom is 0.338 e. The molecule has 0 saturated carbocycles. The number of hydrogen-bond acceptors (Lipinski definition) is 4. The number of nitrogen functional groups attached to an aromatic ring is 1. The Morgan fingerprint density at radius 1 is 1.40 bits per heavy atom. The van der Waals surface area contributed by atoms with Crippen LogP contribution in [0.4, 0.5) is 5.69 Å². The first-order chi connectivity index (χ1) is 9.49. The number of benzene rings is 1. The van der Waals surface area contributed by atoms with Crippen molar-refractivity contribution in [3.63, 3.8) is 0 Å². The number of carbonyl (C=O) groups excluding carboxylic acids is 1. The highest BCUT2D eigenvalue weighted by Gasteiger charge is 2.11. The molecule has 0 aliphatic carbocycles. The van der Waals surface area contributed by atoms with E-state index in [1.54, 1.807) is 22.9 Å². The van der Waals surface area contributed by atoms with Gasteiger partial charge in [-0.2, -0.15) is 5.10 Å². The number of halogens is 1. The summed E-state index contributed by atoms with van der Waals surface area (Å²) in [5, 5.41) is 4.31. The summed E-state index contributed by atoms with van der Waals surface area (Å²) < 4.78 is 7.76. The lowest BCUT2D eigenvalue weighted by Gasteiger charge is -2.06. The fourth-order valence-electron chi connectivity index (χ4n) is 1.83. The number of ether oxygens (including phenoxy) is 1. The lowest BCUT2D eigenvalue weighted by atomic mass is 10.2. The van der Waals surface area contributed by atoms with Crippen LogP contribution in [0.3, 0.4) is 0 Å². The third-order valence-electron chi connectivity index (χ3n) is 2.90. The number of hydrogen-bond donors (Lipinski definition) is 1. The second-order valence-electron chi connectivity index (χ2n) is 4.45. The Morgan fingerprint density at radius 2 is 2.15 bits per heavy atom. The number of rotatable bonds is 4. The third-order valence-corrected chi connectivity index (χ3v) is 3.35. The van der Waals surface area contributed by atoms with Crippen molar-refractivity contribution in [2.24, 2.45) is 7.05 Å². The highest BCUT2D eigenvalue weighted by atomic mass is 79.9. The van der Waals surface area contributed by atoms with Gasteiger partial charge in [0.25, 0.3) is 0 Å². The summed E-state index contributed by atoms with van der Waals surface area (Å²) >= 11 is 3.30. The maximum absolute atomic E-state index is 12.0. The monoisotopic (exact) mass is 337 g/mol. The van der Waals surface area contributed by atoms with Gasteiger partial charge in [0, 0.05) is 17.2 Å². The quantitative estimate of drug-likeness (QED) is 0.687. The smallest absolute Gasteiger partial charge is 0.338 e. The van der Waals surface area contributed by atoms with Crippen LogP contribution >= 0.6 is 15.9 Å². The van der Waals surface area contributed by atoms with Crippen molar-refractivity contribution in [3.05, 3.63) is 45.7 Å². The molecule has 0 amide bonds. The molecular formula is C14H16BrN3O2. The minimum atomic E-state index is -0.405. The number of aromatic nitrogens is 2. The van der Waals surface area contributed by atoms with E-state index in [0.717, 1.165) is 22.3 Å². The second kappa shape index (κ2) is 6.09. The van der Waals surface area contributed by atoms with Crippen LogP contribution < -0.4 is 5.73 Å². The van der Waals surface area contributed by atoms with E-state index in [9.17, 15) is 4.79 Å². The van der Waals surface area contributed by atoms with Crippen LogP contribution in [0.1, 0.15) is 28.7 Å². The molecule has 6 heteroatoms. The Morgan fingerprint density at radius 3 is 2.75 bits per heavy atom. The molecule has 0 unspecified atom stereocenters. The Hall–Kier alpha value is -1.82. The van der Waals surface area contributed by atoms with Crippen molar-refractivity contribution < 1.29 is 9.53 Å². The zero-order valence-corrected chi connectivity index (χ0v) is 13.0. The Kier molecular flexibility index (Phi) is 4.44. The second-order valence-corrected chi connectivity index (χ2v) is 5.37. The van der Waals surface area contributed by atoms with Crippen LogP contribution in [0.5, 0.6) is 0 Å². The summed E-state index contributed by atoms with van der Waals surface area (Å²) in [6, 6.07) is 6.93. The largest absolute Gasteiger partial charge is 0.456 e. The molecule has 0 aliphatic heterocycles. The molecule has 2 aromatic rings. The molecule has 1 aromatic carbocycles. The summed E-state index contributed by atoms with van der Waals surface area (Å²) in [4.78, 5) is 12.0. The lowest BCUT2D eigenvalue weighted by Crippen LogP contribution is -2.08. The highest BCUT2D eigenvalue weighted by Crippen LogP contribution is 2.18. The minimum Gasteiger partial charge on any atom is -0.456 e. The molecule has 1 aromatic heterocycles. The molecule has 2 rings (SSSR count). The van der Waals surface area contributed by atoms with Gasteiger partial charge < -0.3 is 10.5 Å². The van der Waals surface area contributed by atoms with Crippen LogP contribution in [0.25, 0.3) is 0 Å². The Labute approximate surface area is 125 Å². The number of nitrogens with two attached hydrogens (primary N) is 1. The van der Waals surface area contributed by atoms with Crippen molar-refractivity contribution >= 4 is 27.6 Å². The van der Waals surface area contributed by atoms with Crippen LogP contribution in [-0.4, -0.2) is 15.7 Å². The minimum absolute atomic E-state index is 0.189. The van der Waals surface area contributed by atoms with Crippen molar-refractivity contribution in [2.75, 3.05) is 5.73 Å². The van der Waals surface area contributed by atoms with E-state index in [1.807, 2.05) is 20.0 Å². The number of anilines is 1. The average molecular weight is 338 g/mol. The first-order valence-corrected chi connectivity index (χ1v) is 7.04. The van der Waals surface area contributed by atoms with E-state index in [-0.39, 0.29) is 6.61 Å². The summed E-state index contributed by atoms with van der Waals surface area (Å²) in [5.41, 5.74) is 8.47. The highest BCUT2D eigenvalue weighted by molar-refractivity contribution is 9.10. The predicted octanol–water partition coefficient (Wildman–Crippen LogP) is 2.68. The number of nitrogens with zero attached hydrogens (tertiary/aromatic N) is 2. The van der Waals surface area contributed by atoms with E-state index in [4.69, 9.17) is 10.5 Å². The molecule has 0 atom stereocenters. The van der Waals surface area contributed by atoms with Gasteiger partial charge in [-0.25, -0.2) is 4.79 Å². The van der Waals surface area contributed by atoms with E-state index in [0.29, 0.717) is 11.3 Å². The Bertz CT molecular complexity index is 617. The summed E-state index contributed by atoms with van der Waals surface area (Å²) in [7, 11) is 1.83. The van der Waals surface area contributed by atoms with Crippen molar-refractivity contribution in [1.29, 1.82) is 0 Å². The van der Waals surface area contributed by atoms with Crippen molar-refractivity contribution in [3.8, 4) is 0 Å². The molecule has 0 fully saturated rings. The first kappa shape index (κ1) is 14.6. The first-order valence-electron chi connectivity index (χ1n) is 6.24. The summed E-state index contributed by atoms with van der Waals surface area (Å²) in [5.74, 6) is -0.405. The van der Waals surface area contributed by atoms with Gasteiger partial charge in [-0.1, -0.05) is 22.9 Å². The fourth-order valence-corrected chi connectivity index (χ4v) is 2.34. The molecule has 0 bridgehead atoms. The molecule has 2 N–H and O–H groups in total. The van der Waals surface area contributed by atoms with E-state index < -0.39 is 5.97 Å². The van der Waals surface area contributed by atoms with Gasteiger partial charge in [0.15, 0.2) is 0 Å². The molecule has 0 spiro atoms. The van der Waals surface area contributed by atoms with Gasteiger partial charge in [-0.05, 0) is 30.7 Å². The fraction of sp³-hybridized carbons (Fsp3) is 0.286. The number of carbonyl (C=O) groups is 1. The number of aryl methyl sites for hydroxylation is 2. The molecule has 20 heavy (non-hydrogen) atoms. The molecular weight excluding hydrogens is 322 g/mol. The van der Waals surface area contributed by atoms with Gasteiger partial charge in [0.2, 0.25) is 0 Å². The summed E-state index contributed by atoms with van der Waals surface area (Å²) in [6.45, 7) is 2.22. The lowest BCUT2D eigenvalue weighted by molar-refractivity contribution is 0.0463. The van der Waals surface area contributed by atoms with E-state index in [2.05, 4.69) is 21.0 Å². The van der Waals surface area contributed by atoms with Crippen LogP contribution in [0.2, 0.25) is 0 Å². The molecule has 106 valence electrons. The van der Waals surface area contributed by atoms with E-state index >= 15 is 0 Å². The topological polar surface area (TPSA) is 70.1 Å². The Balaban J connectivity index is 2.06. The maximum atomic E-state index is 12.0. The SMILES string of the molecule is CCc1cc(COC(=O)c2cc(N)cc(Br)c2)n(C)n1. The molecule has 0 saturated heterocycles. The average Bonchev–Trinajstić information content (AvgIpc) is 2.75. The number of esters is 1. The van der Waals surface area contributed by atoms with Gasteiger partial charge in [0.05, 0.1) is 17.0 Å². The normalized spacial score (nSPS) is 10.6. The standard InChI is InChI=1S/C14H16BrN3O2/c1-3-12-7-13(18(2)17-12)8-20-14(19)9-4-10(15)6-11(16)5-9/h4-7H,3,8,16H2,1-2H3. The van der Waals surface area contributed by atoms with Crippen LogP contribution in [0, 0.1) is 0 Å². The predicted molar refractivity (Wildman–Crippen MR) is 80.3 cm³/mol. The van der Waals surface area contributed by atoms with Crippen molar-refractivity contribution in [1.82, 2.24) is 9.78 Å². The molecule has 5 nitrogen and oxygen atoms in total. The molecule has 0 radical (unpaired) electrons. The van der Waals surface area contributed by atoms with Gasteiger partial charge in [-0.3, -0.25) is 4.68 Å². The van der Waals surface area contributed by atoms with Gasteiger partial charge >= 0.3 is 5.97 Å². The van der Waals surface area contributed by atoms with Gasteiger partial charge in [-0.15, -0.1) is 0 Å². The molecule has 0 aliphatic rings. The van der Waals surface area contributed by atoms with Gasteiger partial charge in [0.1, 0.15) is 6.61 Å². The summed E-state index contributed by atoms with van der Waals surface area (Å²) in [6.07, 6.45) is 0.851. The zero-order valence-electron chi connectivity index (χ0n) is 11.4. The zero-order chi connectivity index (χ0) is 14.7. The van der Waals surface area contributed by atoms with Crippen molar-refractivity contribution in [2.45, 2.75) is 20.0 Å². The van der Waals surface area contributed by atoms with Crippen LogP contribution in [-0.2, 0) is 24.8 Å². The molecule has 1 heterocycles. The third kappa shape index (κ3) is 3.39. The van der Waals surface area contributed by atoms with E-state index in [1.165, 1.54) is 0 Å².